The van der Waals surface area contributed by atoms with E-state index in [4.69, 9.17) is 11.6 Å². The zero-order valence-corrected chi connectivity index (χ0v) is 13.9. The van der Waals surface area contributed by atoms with Gasteiger partial charge in [-0.2, -0.15) is 0 Å². The van der Waals surface area contributed by atoms with Gasteiger partial charge in [0.1, 0.15) is 5.65 Å². The fourth-order valence-electron chi connectivity index (χ4n) is 2.63. The number of nitrogens with zero attached hydrogens (tertiary/aromatic N) is 3. The van der Waals surface area contributed by atoms with Gasteiger partial charge in [-0.3, -0.25) is 14.1 Å². The van der Waals surface area contributed by atoms with Crippen LogP contribution in [0.2, 0.25) is 5.02 Å². The van der Waals surface area contributed by atoms with Crippen LogP contribution in [0.3, 0.4) is 0 Å². The first kappa shape index (κ1) is 15.7. The van der Waals surface area contributed by atoms with Crippen molar-refractivity contribution < 1.29 is 0 Å². The second-order valence-electron chi connectivity index (χ2n) is 5.63. The Balaban J connectivity index is 1.87. The minimum Gasteiger partial charge on any atom is -0.294 e. The van der Waals surface area contributed by atoms with Crippen LogP contribution in [0.5, 0.6) is 0 Å². The van der Waals surface area contributed by atoms with Gasteiger partial charge in [-0.15, -0.1) is 0 Å². The third-order valence-electron chi connectivity index (χ3n) is 4.05. The summed E-state index contributed by atoms with van der Waals surface area (Å²) in [4.78, 5) is 18.8. The number of hydrogen-bond acceptors (Lipinski definition) is 3. The maximum absolute atomic E-state index is 12.2. The van der Waals surface area contributed by atoms with E-state index in [1.807, 2.05) is 49.5 Å². The van der Waals surface area contributed by atoms with Crippen molar-refractivity contribution in [3.63, 3.8) is 0 Å². The van der Waals surface area contributed by atoms with Gasteiger partial charge in [0.2, 0.25) is 0 Å². The molecule has 0 saturated carbocycles. The summed E-state index contributed by atoms with van der Waals surface area (Å²) in [6.07, 6.45) is 1.73. The van der Waals surface area contributed by atoms with Gasteiger partial charge in [-0.1, -0.05) is 35.9 Å². The lowest BCUT2D eigenvalue weighted by Gasteiger charge is -2.25. The normalized spacial score (nSPS) is 12.7. The zero-order chi connectivity index (χ0) is 16.4. The zero-order valence-electron chi connectivity index (χ0n) is 13.1. The quantitative estimate of drug-likeness (QED) is 0.735. The summed E-state index contributed by atoms with van der Waals surface area (Å²) in [5.41, 5.74) is 2.41. The molecule has 23 heavy (non-hydrogen) atoms. The molecule has 0 bridgehead atoms. The molecular weight excluding hydrogens is 310 g/mol. The number of pyridine rings is 1. The van der Waals surface area contributed by atoms with Gasteiger partial charge in [0.15, 0.2) is 0 Å². The van der Waals surface area contributed by atoms with Crippen molar-refractivity contribution in [2.75, 3.05) is 7.05 Å². The highest BCUT2D eigenvalue weighted by Gasteiger charge is 2.15. The lowest BCUT2D eigenvalue weighted by Crippen LogP contribution is -2.24. The molecule has 0 aliphatic heterocycles. The summed E-state index contributed by atoms with van der Waals surface area (Å²) in [5.74, 6) is 0. The summed E-state index contributed by atoms with van der Waals surface area (Å²) < 4.78 is 1.54. The van der Waals surface area contributed by atoms with Crippen LogP contribution in [0.15, 0.2) is 59.5 Å². The molecule has 5 heteroatoms. The van der Waals surface area contributed by atoms with E-state index in [-0.39, 0.29) is 11.6 Å². The Hall–Kier alpha value is -2.17. The maximum Gasteiger partial charge on any atom is 0.258 e. The van der Waals surface area contributed by atoms with E-state index in [9.17, 15) is 4.79 Å². The van der Waals surface area contributed by atoms with Crippen molar-refractivity contribution in [3.05, 3.63) is 81.4 Å². The van der Waals surface area contributed by atoms with Crippen LogP contribution in [0.25, 0.3) is 5.65 Å². The smallest absolute Gasteiger partial charge is 0.258 e. The highest BCUT2D eigenvalue weighted by atomic mass is 35.5. The van der Waals surface area contributed by atoms with Gasteiger partial charge < -0.3 is 0 Å². The molecule has 0 saturated heterocycles. The Morgan fingerprint density at radius 1 is 1.22 bits per heavy atom. The van der Waals surface area contributed by atoms with Gasteiger partial charge >= 0.3 is 0 Å². The SMILES string of the molecule is CC(c1ccccc1Cl)N(C)Cc1cc(=O)n2ccccc2n1. The monoisotopic (exact) mass is 327 g/mol. The first-order valence-corrected chi connectivity index (χ1v) is 7.86. The molecule has 1 aromatic carbocycles. The average Bonchev–Trinajstić information content (AvgIpc) is 2.54. The Morgan fingerprint density at radius 3 is 2.74 bits per heavy atom. The van der Waals surface area contributed by atoms with E-state index in [0.29, 0.717) is 12.2 Å². The van der Waals surface area contributed by atoms with E-state index >= 15 is 0 Å². The lowest BCUT2D eigenvalue weighted by molar-refractivity contribution is 0.250. The first-order valence-electron chi connectivity index (χ1n) is 7.48. The molecular formula is C18H18ClN3O. The Morgan fingerprint density at radius 2 is 1.96 bits per heavy atom. The summed E-state index contributed by atoms with van der Waals surface area (Å²) in [6.45, 7) is 2.67. The molecule has 118 valence electrons. The Kier molecular flexibility index (Phi) is 4.46. The molecule has 0 spiro atoms. The molecule has 0 aliphatic rings. The molecule has 2 heterocycles. The molecule has 0 radical (unpaired) electrons. The highest BCUT2D eigenvalue weighted by Crippen LogP contribution is 2.26. The number of hydrogen-bond donors (Lipinski definition) is 0. The van der Waals surface area contributed by atoms with E-state index in [1.165, 1.54) is 0 Å². The number of benzene rings is 1. The van der Waals surface area contributed by atoms with Crippen LogP contribution in [0.4, 0.5) is 0 Å². The third-order valence-corrected chi connectivity index (χ3v) is 4.40. The largest absolute Gasteiger partial charge is 0.294 e. The van der Waals surface area contributed by atoms with Gasteiger partial charge in [0, 0.05) is 29.9 Å². The molecule has 1 atom stereocenters. The molecule has 1 unspecified atom stereocenters. The standard InChI is InChI=1S/C18H18ClN3O/c1-13(15-7-3-4-8-16(15)19)21(2)12-14-11-18(23)22-10-6-5-9-17(22)20-14/h3-11,13H,12H2,1-2H3. The summed E-state index contributed by atoms with van der Waals surface area (Å²) in [6, 6.07) is 15.1. The van der Waals surface area contributed by atoms with Crippen molar-refractivity contribution >= 4 is 17.2 Å². The topological polar surface area (TPSA) is 37.6 Å². The van der Waals surface area contributed by atoms with Crippen molar-refractivity contribution in [1.82, 2.24) is 14.3 Å². The lowest BCUT2D eigenvalue weighted by atomic mass is 10.1. The van der Waals surface area contributed by atoms with Gasteiger partial charge in [-0.25, -0.2) is 4.98 Å². The van der Waals surface area contributed by atoms with E-state index < -0.39 is 0 Å². The molecule has 0 N–H and O–H groups in total. The van der Waals surface area contributed by atoms with Crippen molar-refractivity contribution in [3.8, 4) is 0 Å². The fraction of sp³-hybridized carbons (Fsp3) is 0.222. The number of rotatable bonds is 4. The summed E-state index contributed by atoms with van der Waals surface area (Å²) >= 11 is 6.27. The second-order valence-corrected chi connectivity index (χ2v) is 6.03. The van der Waals surface area contributed by atoms with E-state index in [0.717, 1.165) is 16.3 Å². The first-order chi connectivity index (χ1) is 11.1. The Labute approximate surface area is 140 Å². The second kappa shape index (κ2) is 6.52. The molecule has 3 rings (SSSR count). The van der Waals surface area contributed by atoms with E-state index in [1.54, 1.807) is 16.7 Å². The van der Waals surface area contributed by atoms with Gasteiger partial charge in [0.05, 0.1) is 5.69 Å². The van der Waals surface area contributed by atoms with Crippen LogP contribution >= 0.6 is 11.6 Å². The molecule has 3 aromatic rings. The maximum atomic E-state index is 12.2. The van der Waals surface area contributed by atoms with Crippen LogP contribution in [0.1, 0.15) is 24.2 Å². The third kappa shape index (κ3) is 3.28. The molecule has 0 fully saturated rings. The number of aromatic nitrogens is 2. The Bertz CT molecular complexity index is 891. The van der Waals surface area contributed by atoms with Crippen molar-refractivity contribution in [2.24, 2.45) is 0 Å². The average molecular weight is 328 g/mol. The van der Waals surface area contributed by atoms with Gasteiger partial charge in [0.25, 0.3) is 5.56 Å². The molecule has 0 aliphatic carbocycles. The minimum atomic E-state index is -0.0654. The molecule has 4 nitrogen and oxygen atoms in total. The predicted molar refractivity (Wildman–Crippen MR) is 92.8 cm³/mol. The van der Waals surface area contributed by atoms with Crippen molar-refractivity contribution in [2.45, 2.75) is 19.5 Å². The summed E-state index contributed by atoms with van der Waals surface area (Å²) in [5, 5.41) is 0.749. The number of fused-ring (bicyclic) bond motifs is 1. The molecule has 0 amide bonds. The van der Waals surface area contributed by atoms with Crippen LogP contribution in [-0.2, 0) is 6.54 Å². The van der Waals surface area contributed by atoms with Crippen LogP contribution in [0, 0.1) is 0 Å². The predicted octanol–water partition coefficient (Wildman–Crippen LogP) is 3.54. The van der Waals surface area contributed by atoms with E-state index in [2.05, 4.69) is 16.8 Å². The fourth-order valence-corrected chi connectivity index (χ4v) is 2.92. The minimum absolute atomic E-state index is 0.0654. The van der Waals surface area contributed by atoms with Crippen molar-refractivity contribution in [1.29, 1.82) is 0 Å². The summed E-state index contributed by atoms with van der Waals surface area (Å²) in [7, 11) is 2.00. The molecule has 2 aromatic heterocycles. The van der Waals surface area contributed by atoms with Crippen LogP contribution < -0.4 is 5.56 Å². The van der Waals surface area contributed by atoms with Crippen LogP contribution in [-0.4, -0.2) is 21.3 Å². The highest BCUT2D eigenvalue weighted by molar-refractivity contribution is 6.31. The number of halogens is 1. The van der Waals surface area contributed by atoms with Gasteiger partial charge in [-0.05, 0) is 37.7 Å².